The van der Waals surface area contributed by atoms with Gasteiger partial charge in [-0.2, -0.15) is 13.7 Å². The van der Waals surface area contributed by atoms with Gasteiger partial charge in [0.2, 0.25) is 20.0 Å². The Morgan fingerprint density at radius 3 is 1.91 bits per heavy atom. The van der Waals surface area contributed by atoms with E-state index >= 15 is 0 Å². The van der Waals surface area contributed by atoms with E-state index in [0.29, 0.717) is 11.4 Å². The van der Waals surface area contributed by atoms with Gasteiger partial charge in [-0.15, -0.1) is 0 Å². The fourth-order valence-electron chi connectivity index (χ4n) is 2.63. The first-order chi connectivity index (χ1) is 10.1. The summed E-state index contributed by atoms with van der Waals surface area (Å²) in [6, 6.07) is 0. The summed E-state index contributed by atoms with van der Waals surface area (Å²) in [5, 5.41) is 4.14. The summed E-state index contributed by atoms with van der Waals surface area (Å²) in [7, 11) is -5.22. The molecule has 1 fully saturated rings. The van der Waals surface area contributed by atoms with E-state index in [9.17, 15) is 16.8 Å². The van der Waals surface area contributed by atoms with Gasteiger partial charge in [0, 0.05) is 33.2 Å². The van der Waals surface area contributed by atoms with Crippen molar-refractivity contribution in [1.82, 2.24) is 18.4 Å². The second-order valence-electron chi connectivity index (χ2n) is 5.33. The average Bonchev–Trinajstić information content (AvgIpc) is 2.72. The molecule has 0 unspecified atom stereocenters. The molecule has 2 rings (SSSR count). The Hall–Kier alpha value is -0.970. The predicted octanol–water partition coefficient (Wildman–Crippen LogP) is -0.307. The summed E-state index contributed by atoms with van der Waals surface area (Å²) >= 11 is 0. The average molecular weight is 350 g/mol. The monoisotopic (exact) mass is 350 g/mol. The summed E-state index contributed by atoms with van der Waals surface area (Å²) in [6.07, 6.45) is 0. The van der Waals surface area contributed by atoms with E-state index in [1.54, 1.807) is 32.5 Å². The highest BCUT2D eigenvalue weighted by Gasteiger charge is 2.35. The number of sulfonamides is 2. The summed E-state index contributed by atoms with van der Waals surface area (Å²) < 4.78 is 53.4. The number of aromatic nitrogens is 2. The molecule has 1 aliphatic rings. The number of rotatable bonds is 4. The van der Waals surface area contributed by atoms with Gasteiger partial charge in [0.05, 0.1) is 17.1 Å². The van der Waals surface area contributed by atoms with Crippen molar-refractivity contribution in [1.29, 1.82) is 0 Å². The molecular weight excluding hydrogens is 328 g/mol. The molecule has 0 aromatic carbocycles. The van der Waals surface area contributed by atoms with Crippen LogP contribution in [0.2, 0.25) is 0 Å². The molecule has 0 radical (unpaired) electrons. The third-order valence-electron chi connectivity index (χ3n) is 4.00. The van der Waals surface area contributed by atoms with Gasteiger partial charge in [-0.25, -0.2) is 16.8 Å². The zero-order valence-corrected chi connectivity index (χ0v) is 14.9. The summed E-state index contributed by atoms with van der Waals surface area (Å²) in [6.45, 7) is 5.66. The minimum Gasteiger partial charge on any atom is -0.271 e. The lowest BCUT2D eigenvalue weighted by Gasteiger charge is -2.33. The van der Waals surface area contributed by atoms with Crippen molar-refractivity contribution in [3.63, 3.8) is 0 Å². The van der Waals surface area contributed by atoms with Crippen molar-refractivity contribution in [3.05, 3.63) is 11.4 Å². The lowest BCUT2D eigenvalue weighted by Crippen LogP contribution is -2.50. The van der Waals surface area contributed by atoms with Crippen LogP contribution in [0.3, 0.4) is 0 Å². The van der Waals surface area contributed by atoms with Crippen LogP contribution in [0.1, 0.15) is 18.3 Å². The molecule has 126 valence electrons. The Labute approximate surface area is 131 Å². The normalized spacial score (nSPS) is 18.7. The van der Waals surface area contributed by atoms with Gasteiger partial charge in [-0.1, -0.05) is 0 Å². The quantitative estimate of drug-likeness (QED) is 0.743. The van der Waals surface area contributed by atoms with Crippen molar-refractivity contribution in [2.24, 2.45) is 7.05 Å². The lowest BCUT2D eigenvalue weighted by molar-refractivity contribution is 0.273. The van der Waals surface area contributed by atoms with Crippen molar-refractivity contribution >= 4 is 20.0 Å². The molecule has 22 heavy (non-hydrogen) atoms. The smallest absolute Gasteiger partial charge is 0.246 e. The third-order valence-corrected chi connectivity index (χ3v) is 8.03. The maximum absolute atomic E-state index is 12.8. The van der Waals surface area contributed by atoms with E-state index in [4.69, 9.17) is 0 Å². The second kappa shape index (κ2) is 5.91. The Balaban J connectivity index is 2.24. The Kier molecular flexibility index (Phi) is 4.67. The number of aryl methyl sites for hydroxylation is 2. The largest absolute Gasteiger partial charge is 0.271 e. The Morgan fingerprint density at radius 2 is 1.50 bits per heavy atom. The summed E-state index contributed by atoms with van der Waals surface area (Å²) in [5.41, 5.74) is 1.05. The molecule has 0 aliphatic carbocycles. The Bertz CT molecular complexity index is 759. The van der Waals surface area contributed by atoms with Crippen molar-refractivity contribution in [2.75, 3.05) is 31.9 Å². The number of nitrogens with zero attached hydrogens (tertiary/aromatic N) is 4. The van der Waals surface area contributed by atoms with Crippen LogP contribution < -0.4 is 0 Å². The summed E-state index contributed by atoms with van der Waals surface area (Å²) in [5.74, 6) is 0.0283. The van der Waals surface area contributed by atoms with Gasteiger partial charge in [-0.3, -0.25) is 4.68 Å². The molecule has 1 aromatic rings. The number of hydrogen-bond acceptors (Lipinski definition) is 5. The molecule has 8 nitrogen and oxygen atoms in total. The zero-order chi connectivity index (χ0) is 16.7. The molecule has 1 aliphatic heterocycles. The van der Waals surface area contributed by atoms with Gasteiger partial charge in [0.15, 0.2) is 0 Å². The van der Waals surface area contributed by atoms with Crippen LogP contribution in [-0.4, -0.2) is 67.2 Å². The molecule has 0 spiro atoms. The van der Waals surface area contributed by atoms with Crippen LogP contribution in [0, 0.1) is 13.8 Å². The molecule has 1 aromatic heterocycles. The van der Waals surface area contributed by atoms with E-state index < -0.39 is 20.0 Å². The Morgan fingerprint density at radius 1 is 1.00 bits per heavy atom. The van der Waals surface area contributed by atoms with Crippen molar-refractivity contribution in [3.8, 4) is 0 Å². The molecule has 0 atom stereocenters. The van der Waals surface area contributed by atoms with Crippen LogP contribution in [-0.2, 0) is 27.1 Å². The van der Waals surface area contributed by atoms with Gasteiger partial charge in [-0.05, 0) is 20.8 Å². The second-order valence-corrected chi connectivity index (χ2v) is 9.46. The molecule has 0 bridgehead atoms. The van der Waals surface area contributed by atoms with Gasteiger partial charge >= 0.3 is 0 Å². The molecular formula is C12H22N4O4S2. The van der Waals surface area contributed by atoms with Crippen LogP contribution in [0.4, 0.5) is 0 Å². The first-order valence-electron chi connectivity index (χ1n) is 7.09. The van der Waals surface area contributed by atoms with Crippen molar-refractivity contribution in [2.45, 2.75) is 25.7 Å². The van der Waals surface area contributed by atoms with Crippen LogP contribution in [0.15, 0.2) is 4.90 Å². The van der Waals surface area contributed by atoms with E-state index in [2.05, 4.69) is 5.10 Å². The highest BCUT2D eigenvalue weighted by atomic mass is 32.2. The molecule has 0 saturated carbocycles. The molecule has 2 heterocycles. The topological polar surface area (TPSA) is 92.6 Å². The van der Waals surface area contributed by atoms with E-state index in [1.165, 1.54) is 8.61 Å². The predicted molar refractivity (Wildman–Crippen MR) is 82.5 cm³/mol. The molecule has 10 heteroatoms. The minimum atomic E-state index is -3.65. The number of piperazine rings is 1. The lowest BCUT2D eigenvalue weighted by atomic mass is 10.4. The fourth-order valence-corrected chi connectivity index (χ4v) is 5.53. The summed E-state index contributed by atoms with van der Waals surface area (Å²) in [4.78, 5) is 0.224. The number of hydrogen-bond donors (Lipinski definition) is 0. The van der Waals surface area contributed by atoms with Crippen LogP contribution in [0.5, 0.6) is 0 Å². The third kappa shape index (κ3) is 2.92. The molecule has 1 saturated heterocycles. The minimum absolute atomic E-state index is 0.0283. The van der Waals surface area contributed by atoms with Crippen LogP contribution in [0.25, 0.3) is 0 Å². The van der Waals surface area contributed by atoms with Crippen LogP contribution >= 0.6 is 0 Å². The fraction of sp³-hybridized carbons (Fsp3) is 0.750. The van der Waals surface area contributed by atoms with Gasteiger partial charge < -0.3 is 0 Å². The van der Waals surface area contributed by atoms with E-state index in [1.807, 2.05) is 0 Å². The molecule has 0 amide bonds. The zero-order valence-electron chi connectivity index (χ0n) is 13.3. The first kappa shape index (κ1) is 17.4. The van der Waals surface area contributed by atoms with Gasteiger partial charge in [0.25, 0.3) is 0 Å². The molecule has 0 N–H and O–H groups in total. The maximum Gasteiger partial charge on any atom is 0.246 e. The maximum atomic E-state index is 12.8. The standard InChI is InChI=1S/C12H22N4O4S2/c1-5-21(17,18)15-6-8-16(9-7-15)22(19,20)12-10(2)13-14(4)11(12)3/h5-9H2,1-4H3. The highest BCUT2D eigenvalue weighted by molar-refractivity contribution is 7.89. The first-order valence-corrected chi connectivity index (χ1v) is 10.1. The SMILES string of the molecule is CCS(=O)(=O)N1CCN(S(=O)(=O)c2c(C)nn(C)c2C)CC1. The van der Waals surface area contributed by atoms with E-state index in [-0.39, 0.29) is 36.8 Å². The highest BCUT2D eigenvalue weighted by Crippen LogP contribution is 2.24. The van der Waals surface area contributed by atoms with Crippen molar-refractivity contribution < 1.29 is 16.8 Å². The van der Waals surface area contributed by atoms with Gasteiger partial charge in [0.1, 0.15) is 4.90 Å². The van der Waals surface area contributed by atoms with E-state index in [0.717, 1.165) is 0 Å².